The second kappa shape index (κ2) is 6.01. The molecule has 1 fully saturated rings. The smallest absolute Gasteiger partial charge is 0.247 e. The van der Waals surface area contributed by atoms with Crippen LogP contribution in [0, 0.1) is 13.8 Å². The van der Waals surface area contributed by atoms with Gasteiger partial charge in [-0.2, -0.15) is 0 Å². The van der Waals surface area contributed by atoms with Crippen LogP contribution in [0.25, 0.3) is 0 Å². The molecule has 1 aliphatic carbocycles. The number of rotatable bonds is 4. The maximum absolute atomic E-state index is 11.7. The van der Waals surface area contributed by atoms with Crippen LogP contribution in [-0.2, 0) is 16.1 Å². The summed E-state index contributed by atoms with van der Waals surface area (Å²) in [5.41, 5.74) is 6.07. The zero-order chi connectivity index (χ0) is 13.0. The maximum atomic E-state index is 11.7. The number of aryl methyl sites for hydroxylation is 2. The lowest BCUT2D eigenvalue weighted by Gasteiger charge is -2.11. The number of hydroxylamine groups is 1. The second-order valence-electron chi connectivity index (χ2n) is 5.14. The van der Waals surface area contributed by atoms with Gasteiger partial charge >= 0.3 is 0 Å². The monoisotopic (exact) mass is 247 g/mol. The molecule has 1 N–H and O–H groups in total. The predicted octanol–water partition coefficient (Wildman–Crippen LogP) is 2.84. The van der Waals surface area contributed by atoms with E-state index in [2.05, 4.69) is 31.5 Å². The summed E-state index contributed by atoms with van der Waals surface area (Å²) < 4.78 is 0. The number of nitrogens with one attached hydrogen (secondary N) is 1. The Labute approximate surface area is 108 Å². The van der Waals surface area contributed by atoms with Crippen LogP contribution in [0.4, 0.5) is 0 Å². The summed E-state index contributed by atoms with van der Waals surface area (Å²) in [4.78, 5) is 17.1. The Balaban J connectivity index is 1.80. The van der Waals surface area contributed by atoms with Crippen LogP contribution in [0.3, 0.4) is 0 Å². The highest BCUT2D eigenvalue weighted by Crippen LogP contribution is 2.19. The fourth-order valence-electron chi connectivity index (χ4n) is 2.29. The predicted molar refractivity (Wildman–Crippen MR) is 71.1 cm³/mol. The van der Waals surface area contributed by atoms with Gasteiger partial charge in [-0.15, -0.1) is 0 Å². The summed E-state index contributed by atoms with van der Waals surface area (Å²) in [5.74, 6) is -0.0647. The van der Waals surface area contributed by atoms with Crippen molar-refractivity contribution >= 4 is 5.91 Å². The lowest BCUT2D eigenvalue weighted by Crippen LogP contribution is -2.29. The molecule has 2 rings (SSSR count). The summed E-state index contributed by atoms with van der Waals surface area (Å²) in [6.45, 7) is 4.13. The van der Waals surface area contributed by atoms with Crippen LogP contribution in [0.1, 0.15) is 42.4 Å². The van der Waals surface area contributed by atoms with Crippen LogP contribution in [0.2, 0.25) is 0 Å². The van der Waals surface area contributed by atoms with Gasteiger partial charge in [0.1, 0.15) is 0 Å². The first-order valence-corrected chi connectivity index (χ1v) is 6.66. The van der Waals surface area contributed by atoms with Gasteiger partial charge in [-0.25, -0.2) is 5.48 Å². The fraction of sp³-hybridized carbons (Fsp3) is 0.533. The lowest BCUT2D eigenvalue weighted by atomic mass is 10.0. The van der Waals surface area contributed by atoms with Gasteiger partial charge < -0.3 is 0 Å². The highest BCUT2D eigenvalue weighted by Gasteiger charge is 2.16. The molecule has 0 aromatic heterocycles. The number of benzene rings is 1. The zero-order valence-corrected chi connectivity index (χ0v) is 11.2. The van der Waals surface area contributed by atoms with Gasteiger partial charge in [0.05, 0.1) is 12.5 Å². The van der Waals surface area contributed by atoms with Crippen molar-refractivity contribution in [2.45, 2.75) is 52.1 Å². The summed E-state index contributed by atoms with van der Waals surface area (Å²) in [5, 5.41) is 0. The minimum Gasteiger partial charge on any atom is -0.272 e. The first kappa shape index (κ1) is 13.1. The van der Waals surface area contributed by atoms with Gasteiger partial charge in [-0.1, -0.05) is 31.0 Å². The molecule has 0 spiro atoms. The van der Waals surface area contributed by atoms with Crippen molar-refractivity contribution in [1.29, 1.82) is 0 Å². The molecule has 0 aliphatic heterocycles. The summed E-state index contributed by atoms with van der Waals surface area (Å²) in [6, 6.07) is 6.11. The molecule has 1 saturated carbocycles. The Bertz CT molecular complexity index is 423. The summed E-state index contributed by atoms with van der Waals surface area (Å²) in [7, 11) is 0. The molecule has 0 saturated heterocycles. The van der Waals surface area contributed by atoms with E-state index in [1.165, 1.54) is 24.0 Å². The van der Waals surface area contributed by atoms with Crippen molar-refractivity contribution in [3.8, 4) is 0 Å². The average Bonchev–Trinajstić information content (AvgIpc) is 2.84. The molecular weight excluding hydrogens is 226 g/mol. The van der Waals surface area contributed by atoms with E-state index in [-0.39, 0.29) is 12.0 Å². The third kappa shape index (κ3) is 3.57. The number of carbonyl (C=O) groups excluding carboxylic acids is 1. The standard InChI is InChI=1S/C15H21NO2/c1-11-7-8-13(9-12(11)2)10-15(17)16-18-14-5-3-4-6-14/h7-9,14H,3-6,10H2,1-2H3,(H,16,17). The van der Waals surface area contributed by atoms with Crippen molar-refractivity contribution in [2.75, 3.05) is 0 Å². The van der Waals surface area contributed by atoms with Gasteiger partial charge in [0.15, 0.2) is 0 Å². The summed E-state index contributed by atoms with van der Waals surface area (Å²) in [6.07, 6.45) is 5.13. The van der Waals surface area contributed by atoms with E-state index in [1.807, 2.05) is 6.07 Å². The topological polar surface area (TPSA) is 38.3 Å². The molecule has 3 heteroatoms. The fourth-order valence-corrected chi connectivity index (χ4v) is 2.29. The molecule has 0 heterocycles. The van der Waals surface area contributed by atoms with Crippen molar-refractivity contribution < 1.29 is 9.63 Å². The van der Waals surface area contributed by atoms with E-state index in [0.717, 1.165) is 18.4 Å². The minimum atomic E-state index is -0.0647. The Kier molecular flexibility index (Phi) is 4.37. The maximum Gasteiger partial charge on any atom is 0.247 e. The highest BCUT2D eigenvalue weighted by molar-refractivity contribution is 5.77. The zero-order valence-electron chi connectivity index (χ0n) is 11.2. The third-order valence-corrected chi connectivity index (χ3v) is 3.58. The van der Waals surface area contributed by atoms with Crippen molar-refractivity contribution in [2.24, 2.45) is 0 Å². The molecule has 0 radical (unpaired) electrons. The van der Waals surface area contributed by atoms with E-state index < -0.39 is 0 Å². The highest BCUT2D eigenvalue weighted by atomic mass is 16.7. The number of carbonyl (C=O) groups is 1. The molecular formula is C15H21NO2. The van der Waals surface area contributed by atoms with Gasteiger partial charge in [0.25, 0.3) is 0 Å². The normalized spacial score (nSPS) is 15.9. The van der Waals surface area contributed by atoms with Gasteiger partial charge in [-0.3, -0.25) is 9.63 Å². The van der Waals surface area contributed by atoms with Crippen LogP contribution in [0.15, 0.2) is 18.2 Å². The van der Waals surface area contributed by atoms with Crippen LogP contribution >= 0.6 is 0 Å². The number of amides is 1. The average molecular weight is 247 g/mol. The Morgan fingerprint density at radius 3 is 2.67 bits per heavy atom. The van der Waals surface area contributed by atoms with E-state index in [1.54, 1.807) is 0 Å². The van der Waals surface area contributed by atoms with Crippen molar-refractivity contribution in [1.82, 2.24) is 5.48 Å². The summed E-state index contributed by atoms with van der Waals surface area (Å²) >= 11 is 0. The molecule has 1 amide bonds. The molecule has 0 unspecified atom stereocenters. The van der Waals surface area contributed by atoms with Crippen LogP contribution in [-0.4, -0.2) is 12.0 Å². The Morgan fingerprint density at radius 2 is 2.00 bits per heavy atom. The SMILES string of the molecule is Cc1ccc(CC(=O)NOC2CCCC2)cc1C. The molecule has 1 aliphatic rings. The second-order valence-corrected chi connectivity index (χ2v) is 5.14. The van der Waals surface area contributed by atoms with Crippen LogP contribution < -0.4 is 5.48 Å². The molecule has 98 valence electrons. The lowest BCUT2D eigenvalue weighted by molar-refractivity contribution is -0.137. The van der Waals surface area contributed by atoms with E-state index in [9.17, 15) is 4.79 Å². The molecule has 0 bridgehead atoms. The number of hydrogen-bond donors (Lipinski definition) is 1. The van der Waals surface area contributed by atoms with Crippen molar-refractivity contribution in [3.05, 3.63) is 34.9 Å². The minimum absolute atomic E-state index is 0.0647. The number of hydrogen-bond acceptors (Lipinski definition) is 2. The first-order valence-electron chi connectivity index (χ1n) is 6.66. The molecule has 0 atom stereocenters. The Hall–Kier alpha value is -1.35. The molecule has 3 nitrogen and oxygen atoms in total. The van der Waals surface area contributed by atoms with Crippen molar-refractivity contribution in [3.63, 3.8) is 0 Å². The largest absolute Gasteiger partial charge is 0.272 e. The molecule has 18 heavy (non-hydrogen) atoms. The molecule has 1 aromatic carbocycles. The van der Waals surface area contributed by atoms with Crippen LogP contribution in [0.5, 0.6) is 0 Å². The molecule has 1 aromatic rings. The third-order valence-electron chi connectivity index (χ3n) is 3.58. The Morgan fingerprint density at radius 1 is 1.28 bits per heavy atom. The van der Waals surface area contributed by atoms with E-state index >= 15 is 0 Å². The van der Waals surface area contributed by atoms with Gasteiger partial charge in [0, 0.05) is 0 Å². The van der Waals surface area contributed by atoms with Gasteiger partial charge in [-0.05, 0) is 43.4 Å². The van der Waals surface area contributed by atoms with E-state index in [0.29, 0.717) is 6.42 Å². The van der Waals surface area contributed by atoms with E-state index in [4.69, 9.17) is 4.84 Å². The van der Waals surface area contributed by atoms with Gasteiger partial charge in [0.2, 0.25) is 5.91 Å². The quantitative estimate of drug-likeness (QED) is 0.831. The first-order chi connectivity index (χ1) is 8.65.